The zero-order valence-electron chi connectivity index (χ0n) is 12.5. The molecule has 10 heteroatoms. The fourth-order valence-electron chi connectivity index (χ4n) is 2.25. The average molecular weight is 346 g/mol. The number of halogens is 3. The van der Waals surface area contributed by atoms with E-state index in [9.17, 15) is 26.4 Å². The highest BCUT2D eigenvalue weighted by atomic mass is 32.2. The molecule has 22 heavy (non-hydrogen) atoms. The first-order chi connectivity index (χ1) is 9.98. The first-order valence-electron chi connectivity index (χ1n) is 6.90. The second kappa shape index (κ2) is 7.60. The highest BCUT2D eigenvalue weighted by Crippen LogP contribution is 2.19. The summed E-state index contributed by atoms with van der Waals surface area (Å²) >= 11 is 0. The zero-order chi connectivity index (χ0) is 17.0. The lowest BCUT2D eigenvalue weighted by molar-refractivity contribution is -0.188. The van der Waals surface area contributed by atoms with Crippen LogP contribution in [0.4, 0.5) is 13.2 Å². The maximum Gasteiger partial charge on any atom is 0.411 e. The van der Waals surface area contributed by atoms with Gasteiger partial charge in [-0.2, -0.15) is 13.2 Å². The Bertz CT molecular complexity index is 481. The molecule has 6 nitrogen and oxygen atoms in total. The molecule has 0 spiro atoms. The Balaban J connectivity index is 2.48. The van der Waals surface area contributed by atoms with E-state index in [1.54, 1.807) is 0 Å². The molecule has 1 rings (SSSR count). The summed E-state index contributed by atoms with van der Waals surface area (Å²) in [5.41, 5.74) is 0. The lowest BCUT2D eigenvalue weighted by Crippen LogP contribution is -2.47. The molecule has 1 fully saturated rings. The molecule has 0 aromatic heterocycles. The topological polar surface area (TPSA) is 75.7 Å². The van der Waals surface area contributed by atoms with E-state index < -0.39 is 34.8 Å². The molecule has 0 aromatic rings. The van der Waals surface area contributed by atoms with Crippen LogP contribution in [0.1, 0.15) is 19.8 Å². The third-order valence-corrected chi connectivity index (χ3v) is 4.00. The van der Waals surface area contributed by atoms with Crippen molar-refractivity contribution in [1.29, 1.82) is 0 Å². The number of rotatable bonds is 6. The van der Waals surface area contributed by atoms with Crippen LogP contribution in [-0.4, -0.2) is 64.0 Å². The Morgan fingerprint density at radius 1 is 1.45 bits per heavy atom. The molecule has 1 heterocycles. The fourth-order valence-corrected chi connectivity index (χ4v) is 2.79. The Hall–Kier alpha value is -0.870. The largest absolute Gasteiger partial charge is 0.411 e. The SMILES string of the molecule is C[C@H](OCC(F)(F)F)C(=O)N1CCC[C@H](CNS(C)(=O)=O)C1. The third-order valence-electron chi connectivity index (χ3n) is 3.31. The summed E-state index contributed by atoms with van der Waals surface area (Å²) in [5.74, 6) is -0.560. The van der Waals surface area contributed by atoms with Crippen LogP contribution < -0.4 is 4.72 Å². The van der Waals surface area contributed by atoms with Crippen molar-refractivity contribution in [3.63, 3.8) is 0 Å². The minimum Gasteiger partial charge on any atom is -0.359 e. The number of nitrogens with zero attached hydrogens (tertiary/aromatic N) is 1. The molecular formula is C12H21F3N2O4S. The summed E-state index contributed by atoms with van der Waals surface area (Å²) in [6.45, 7) is 0.772. The molecule has 2 atom stereocenters. The highest BCUT2D eigenvalue weighted by molar-refractivity contribution is 7.88. The van der Waals surface area contributed by atoms with Crippen molar-refractivity contribution in [3.05, 3.63) is 0 Å². The summed E-state index contributed by atoms with van der Waals surface area (Å²) in [7, 11) is -3.31. The van der Waals surface area contributed by atoms with Crippen molar-refractivity contribution in [1.82, 2.24) is 9.62 Å². The van der Waals surface area contributed by atoms with Gasteiger partial charge in [0, 0.05) is 19.6 Å². The predicted octanol–water partition coefficient (Wildman–Crippen LogP) is 0.742. The number of carbonyl (C=O) groups excluding carboxylic acids is 1. The molecular weight excluding hydrogens is 325 g/mol. The van der Waals surface area contributed by atoms with Crippen LogP contribution in [-0.2, 0) is 19.6 Å². The second-order valence-electron chi connectivity index (χ2n) is 5.48. The number of hydrogen-bond acceptors (Lipinski definition) is 4. The van der Waals surface area contributed by atoms with E-state index in [4.69, 9.17) is 0 Å². The highest BCUT2D eigenvalue weighted by Gasteiger charge is 2.32. The number of carbonyl (C=O) groups is 1. The van der Waals surface area contributed by atoms with E-state index >= 15 is 0 Å². The average Bonchev–Trinajstić information content (AvgIpc) is 2.40. The Morgan fingerprint density at radius 2 is 2.09 bits per heavy atom. The standard InChI is InChI=1S/C12H21F3N2O4S/c1-9(21-8-12(13,14)15)11(18)17-5-3-4-10(7-17)6-16-22(2,19)20/h9-10,16H,3-8H2,1-2H3/t9-,10+/m0/s1. The van der Waals surface area contributed by atoms with Crippen LogP contribution in [0.25, 0.3) is 0 Å². The summed E-state index contributed by atoms with van der Waals surface area (Å²) in [4.78, 5) is 13.5. The predicted molar refractivity (Wildman–Crippen MR) is 73.6 cm³/mol. The lowest BCUT2D eigenvalue weighted by atomic mass is 9.98. The number of amides is 1. The molecule has 1 N–H and O–H groups in total. The van der Waals surface area contributed by atoms with Crippen LogP contribution in [0, 0.1) is 5.92 Å². The number of hydrogen-bond donors (Lipinski definition) is 1. The van der Waals surface area contributed by atoms with Crippen LogP contribution in [0.3, 0.4) is 0 Å². The Labute approximate surface area is 128 Å². The number of piperidine rings is 1. The van der Waals surface area contributed by atoms with Gasteiger partial charge in [0.2, 0.25) is 10.0 Å². The van der Waals surface area contributed by atoms with Crippen molar-refractivity contribution in [2.24, 2.45) is 5.92 Å². The third kappa shape index (κ3) is 7.41. The van der Waals surface area contributed by atoms with E-state index in [1.165, 1.54) is 11.8 Å². The van der Waals surface area contributed by atoms with Crippen molar-refractivity contribution in [2.45, 2.75) is 32.0 Å². The minimum absolute atomic E-state index is 0.0535. The van der Waals surface area contributed by atoms with Crippen LogP contribution in [0.2, 0.25) is 0 Å². The molecule has 1 aliphatic rings. The number of ether oxygens (including phenoxy) is 1. The van der Waals surface area contributed by atoms with Gasteiger partial charge in [-0.3, -0.25) is 4.79 Å². The van der Waals surface area contributed by atoms with Crippen molar-refractivity contribution >= 4 is 15.9 Å². The summed E-state index contributed by atoms with van der Waals surface area (Å²) < 4.78 is 65.3. The van der Waals surface area contributed by atoms with Crippen molar-refractivity contribution < 1.29 is 31.1 Å². The smallest absolute Gasteiger partial charge is 0.359 e. The van der Waals surface area contributed by atoms with E-state index in [0.29, 0.717) is 19.5 Å². The fraction of sp³-hybridized carbons (Fsp3) is 0.917. The van der Waals surface area contributed by atoms with Gasteiger partial charge in [0.15, 0.2) is 0 Å². The molecule has 1 saturated heterocycles. The molecule has 0 bridgehead atoms. The van der Waals surface area contributed by atoms with Crippen LogP contribution in [0.5, 0.6) is 0 Å². The van der Waals surface area contributed by atoms with E-state index in [0.717, 1.165) is 12.7 Å². The van der Waals surface area contributed by atoms with Gasteiger partial charge < -0.3 is 9.64 Å². The molecule has 130 valence electrons. The van der Waals surface area contributed by atoms with Crippen molar-refractivity contribution in [3.8, 4) is 0 Å². The van der Waals surface area contributed by atoms with E-state index in [-0.39, 0.29) is 12.5 Å². The lowest BCUT2D eigenvalue weighted by Gasteiger charge is -2.34. The van der Waals surface area contributed by atoms with Gasteiger partial charge in [0.1, 0.15) is 12.7 Å². The summed E-state index contributed by atoms with van der Waals surface area (Å²) in [6.07, 6.45) is -3.18. The summed E-state index contributed by atoms with van der Waals surface area (Å²) in [6, 6.07) is 0. The zero-order valence-corrected chi connectivity index (χ0v) is 13.3. The first-order valence-corrected chi connectivity index (χ1v) is 8.79. The Kier molecular flexibility index (Phi) is 6.63. The number of alkyl halides is 3. The first kappa shape index (κ1) is 19.2. The van der Waals surface area contributed by atoms with E-state index in [1.807, 2.05) is 0 Å². The maximum atomic E-state index is 12.1. The summed E-state index contributed by atoms with van der Waals surface area (Å²) in [5, 5.41) is 0. The van der Waals surface area contributed by atoms with Crippen molar-refractivity contribution in [2.75, 3.05) is 32.5 Å². The van der Waals surface area contributed by atoms with E-state index in [2.05, 4.69) is 9.46 Å². The molecule has 0 saturated carbocycles. The molecule has 1 aliphatic heterocycles. The molecule has 0 radical (unpaired) electrons. The van der Waals surface area contributed by atoms with Gasteiger partial charge >= 0.3 is 6.18 Å². The monoisotopic (exact) mass is 346 g/mol. The number of likely N-dealkylation sites (tertiary alicyclic amines) is 1. The number of sulfonamides is 1. The van der Waals surface area contributed by atoms with Crippen LogP contribution in [0.15, 0.2) is 0 Å². The second-order valence-corrected chi connectivity index (χ2v) is 7.31. The van der Waals surface area contributed by atoms with Gasteiger partial charge in [0.25, 0.3) is 5.91 Å². The minimum atomic E-state index is -4.47. The Morgan fingerprint density at radius 3 is 2.64 bits per heavy atom. The molecule has 0 unspecified atom stereocenters. The van der Waals surface area contributed by atoms with Gasteiger partial charge in [-0.25, -0.2) is 13.1 Å². The molecule has 0 aromatic carbocycles. The quantitative estimate of drug-likeness (QED) is 0.770. The molecule has 0 aliphatic carbocycles. The van der Waals surface area contributed by atoms with Gasteiger partial charge in [-0.15, -0.1) is 0 Å². The number of nitrogens with one attached hydrogen (secondary N) is 1. The normalized spacial score (nSPS) is 21.7. The van der Waals surface area contributed by atoms with Gasteiger partial charge in [-0.05, 0) is 25.7 Å². The maximum absolute atomic E-state index is 12.1. The van der Waals surface area contributed by atoms with Gasteiger partial charge in [0.05, 0.1) is 6.26 Å². The van der Waals surface area contributed by atoms with Crippen LogP contribution >= 0.6 is 0 Å². The molecule has 1 amide bonds. The van der Waals surface area contributed by atoms with Gasteiger partial charge in [-0.1, -0.05) is 0 Å².